The third kappa shape index (κ3) is 1.70. The molecule has 0 amide bonds. The number of hydrogen-bond acceptors (Lipinski definition) is 3. The summed E-state index contributed by atoms with van der Waals surface area (Å²) >= 11 is 7.03. The van der Waals surface area contributed by atoms with Crippen LogP contribution in [-0.4, -0.2) is 11.2 Å². The van der Waals surface area contributed by atoms with Gasteiger partial charge in [-0.3, -0.25) is 10.1 Å². The molecule has 3 nitrogen and oxygen atoms in total. The highest BCUT2D eigenvalue weighted by Gasteiger charge is 2.14. The van der Waals surface area contributed by atoms with Gasteiger partial charge in [0.2, 0.25) is 0 Å². The SMILES string of the molecule is CSc1c(Cl)cccc1[N+](=O)[O-]. The fourth-order valence-corrected chi connectivity index (χ4v) is 1.86. The Bertz CT molecular complexity index is 316. The van der Waals surface area contributed by atoms with Crippen LogP contribution in [0.25, 0.3) is 0 Å². The number of nitro benzene ring substituents is 1. The summed E-state index contributed by atoms with van der Waals surface area (Å²) in [6.07, 6.45) is 1.76. The molecule has 64 valence electrons. The molecule has 1 aromatic carbocycles. The van der Waals surface area contributed by atoms with Crippen molar-refractivity contribution in [1.29, 1.82) is 0 Å². The number of thioether (sulfide) groups is 1. The lowest BCUT2D eigenvalue weighted by atomic mass is 10.3. The first kappa shape index (κ1) is 9.35. The monoisotopic (exact) mass is 203 g/mol. The number of nitrogens with zero attached hydrogens (tertiary/aromatic N) is 1. The standard InChI is InChI=1S/C7H6ClNO2S/c1-12-7-5(8)3-2-4-6(7)9(10)11/h2-4H,1H3. The first-order valence-electron chi connectivity index (χ1n) is 3.13. The molecule has 0 aliphatic carbocycles. The molecule has 0 unspecified atom stereocenters. The van der Waals surface area contributed by atoms with Crippen molar-refractivity contribution >= 4 is 29.1 Å². The van der Waals surface area contributed by atoms with E-state index < -0.39 is 4.92 Å². The fourth-order valence-electron chi connectivity index (χ4n) is 0.843. The van der Waals surface area contributed by atoms with Crippen LogP contribution in [0.5, 0.6) is 0 Å². The van der Waals surface area contributed by atoms with E-state index in [2.05, 4.69) is 0 Å². The van der Waals surface area contributed by atoms with Gasteiger partial charge in [0, 0.05) is 6.07 Å². The molecule has 0 radical (unpaired) electrons. The maximum absolute atomic E-state index is 10.5. The first-order chi connectivity index (χ1) is 5.66. The Morgan fingerprint density at radius 2 is 2.25 bits per heavy atom. The molecule has 0 spiro atoms. The average Bonchev–Trinajstić information content (AvgIpc) is 2.03. The summed E-state index contributed by atoms with van der Waals surface area (Å²) in [5.74, 6) is 0. The second kappa shape index (κ2) is 3.78. The molecule has 0 bridgehead atoms. The summed E-state index contributed by atoms with van der Waals surface area (Å²) in [6.45, 7) is 0. The van der Waals surface area contributed by atoms with Crippen LogP contribution in [0.1, 0.15) is 0 Å². The summed E-state index contributed by atoms with van der Waals surface area (Å²) in [5.41, 5.74) is 0.0648. The molecule has 0 heterocycles. The number of rotatable bonds is 2. The van der Waals surface area contributed by atoms with Gasteiger partial charge in [-0.15, -0.1) is 11.8 Å². The van der Waals surface area contributed by atoms with Gasteiger partial charge in [-0.25, -0.2) is 0 Å². The van der Waals surface area contributed by atoms with Crippen LogP contribution < -0.4 is 0 Å². The Morgan fingerprint density at radius 3 is 2.67 bits per heavy atom. The van der Waals surface area contributed by atoms with Crippen LogP contribution in [0.4, 0.5) is 5.69 Å². The number of nitro groups is 1. The molecular formula is C7H6ClNO2S. The van der Waals surface area contributed by atoms with Crippen molar-refractivity contribution in [2.24, 2.45) is 0 Å². The van der Waals surface area contributed by atoms with Crippen molar-refractivity contribution in [3.63, 3.8) is 0 Å². The van der Waals surface area contributed by atoms with Gasteiger partial charge in [0.05, 0.1) is 9.95 Å². The van der Waals surface area contributed by atoms with Crippen LogP contribution >= 0.6 is 23.4 Å². The minimum absolute atomic E-state index is 0.0648. The van der Waals surface area contributed by atoms with Crippen molar-refractivity contribution in [2.45, 2.75) is 4.90 Å². The maximum Gasteiger partial charge on any atom is 0.284 e. The number of benzene rings is 1. The van der Waals surface area contributed by atoms with E-state index in [0.29, 0.717) is 9.92 Å². The molecule has 0 atom stereocenters. The van der Waals surface area contributed by atoms with Crippen molar-refractivity contribution in [2.75, 3.05) is 6.26 Å². The fraction of sp³-hybridized carbons (Fsp3) is 0.143. The molecule has 0 saturated heterocycles. The Kier molecular flexibility index (Phi) is 2.94. The minimum Gasteiger partial charge on any atom is -0.258 e. The highest BCUT2D eigenvalue weighted by molar-refractivity contribution is 7.98. The molecule has 5 heteroatoms. The van der Waals surface area contributed by atoms with E-state index in [1.807, 2.05) is 0 Å². The summed E-state index contributed by atoms with van der Waals surface area (Å²) < 4.78 is 0. The van der Waals surface area contributed by atoms with Crippen molar-refractivity contribution in [1.82, 2.24) is 0 Å². The second-order valence-corrected chi connectivity index (χ2v) is 3.27. The summed E-state index contributed by atoms with van der Waals surface area (Å²) in [4.78, 5) is 10.6. The lowest BCUT2D eigenvalue weighted by molar-refractivity contribution is -0.387. The van der Waals surface area contributed by atoms with Gasteiger partial charge >= 0.3 is 0 Å². The zero-order valence-corrected chi connectivity index (χ0v) is 7.85. The van der Waals surface area contributed by atoms with Gasteiger partial charge in [-0.2, -0.15) is 0 Å². The molecule has 0 N–H and O–H groups in total. The van der Waals surface area contributed by atoms with E-state index >= 15 is 0 Å². The molecule has 12 heavy (non-hydrogen) atoms. The Morgan fingerprint density at radius 1 is 1.58 bits per heavy atom. The first-order valence-corrected chi connectivity index (χ1v) is 4.74. The van der Waals surface area contributed by atoms with E-state index in [1.165, 1.54) is 17.8 Å². The van der Waals surface area contributed by atoms with E-state index in [-0.39, 0.29) is 5.69 Å². The molecule has 1 rings (SSSR count). The predicted octanol–water partition coefficient (Wildman–Crippen LogP) is 2.97. The van der Waals surface area contributed by atoms with Crippen LogP contribution in [-0.2, 0) is 0 Å². The third-order valence-electron chi connectivity index (χ3n) is 1.35. The number of halogens is 1. The van der Waals surface area contributed by atoms with Crippen LogP contribution in [0, 0.1) is 10.1 Å². The van der Waals surface area contributed by atoms with Crippen LogP contribution in [0.2, 0.25) is 5.02 Å². The Hall–Kier alpha value is -0.740. The Labute approximate surface area is 78.9 Å². The highest BCUT2D eigenvalue weighted by atomic mass is 35.5. The highest BCUT2D eigenvalue weighted by Crippen LogP contribution is 2.33. The third-order valence-corrected chi connectivity index (χ3v) is 2.61. The van der Waals surface area contributed by atoms with Gasteiger partial charge in [-0.05, 0) is 12.3 Å². The predicted molar refractivity (Wildman–Crippen MR) is 49.9 cm³/mol. The van der Waals surface area contributed by atoms with Crippen molar-refractivity contribution < 1.29 is 4.92 Å². The van der Waals surface area contributed by atoms with Crippen LogP contribution in [0.3, 0.4) is 0 Å². The van der Waals surface area contributed by atoms with Crippen molar-refractivity contribution in [3.8, 4) is 0 Å². The van der Waals surface area contributed by atoms with Gasteiger partial charge < -0.3 is 0 Å². The zero-order chi connectivity index (χ0) is 9.14. The summed E-state index contributed by atoms with van der Waals surface area (Å²) in [6, 6.07) is 4.65. The quantitative estimate of drug-likeness (QED) is 0.422. The van der Waals surface area contributed by atoms with Gasteiger partial charge in [-0.1, -0.05) is 17.7 Å². The molecule has 1 aromatic rings. The van der Waals surface area contributed by atoms with Gasteiger partial charge in [0.1, 0.15) is 4.90 Å². The summed E-state index contributed by atoms with van der Waals surface area (Å²) in [7, 11) is 0. The molecule has 0 fully saturated rings. The molecule has 0 aliphatic heterocycles. The van der Waals surface area contributed by atoms with Gasteiger partial charge in [0.15, 0.2) is 0 Å². The smallest absolute Gasteiger partial charge is 0.258 e. The lowest BCUT2D eigenvalue weighted by Crippen LogP contribution is -1.90. The molecule has 0 saturated carbocycles. The average molecular weight is 204 g/mol. The molecule has 0 aliphatic rings. The van der Waals surface area contributed by atoms with Gasteiger partial charge in [0.25, 0.3) is 5.69 Å². The normalized spacial score (nSPS) is 9.83. The topological polar surface area (TPSA) is 43.1 Å². The van der Waals surface area contributed by atoms with E-state index in [0.717, 1.165) is 0 Å². The minimum atomic E-state index is -0.433. The van der Waals surface area contributed by atoms with E-state index in [9.17, 15) is 10.1 Å². The van der Waals surface area contributed by atoms with E-state index in [4.69, 9.17) is 11.6 Å². The Balaban J connectivity index is 3.27. The van der Waals surface area contributed by atoms with Crippen LogP contribution in [0.15, 0.2) is 23.1 Å². The summed E-state index contributed by atoms with van der Waals surface area (Å²) in [5, 5.41) is 10.9. The van der Waals surface area contributed by atoms with Crippen molar-refractivity contribution in [3.05, 3.63) is 33.3 Å². The van der Waals surface area contributed by atoms with E-state index in [1.54, 1.807) is 18.4 Å². The lowest BCUT2D eigenvalue weighted by Gasteiger charge is -1.99. The molecule has 0 aromatic heterocycles. The molecular weight excluding hydrogens is 198 g/mol. The second-order valence-electron chi connectivity index (χ2n) is 2.05. The number of hydrogen-bond donors (Lipinski definition) is 0. The zero-order valence-electron chi connectivity index (χ0n) is 6.28. The maximum atomic E-state index is 10.5. The largest absolute Gasteiger partial charge is 0.284 e.